The van der Waals surface area contributed by atoms with Crippen molar-refractivity contribution in [1.29, 1.82) is 0 Å². The summed E-state index contributed by atoms with van der Waals surface area (Å²) < 4.78 is 28.4. The summed E-state index contributed by atoms with van der Waals surface area (Å²) in [6.45, 7) is 9.28. The number of carbonyl (C=O) groups is 4. The van der Waals surface area contributed by atoms with Gasteiger partial charge in [-0.15, -0.1) is 0 Å². The number of thiol groups is 1. The Hall–Kier alpha value is -2.08. The largest absolute Gasteiger partial charge is 0.509 e. The van der Waals surface area contributed by atoms with E-state index in [1.165, 1.54) is 6.08 Å². The van der Waals surface area contributed by atoms with Gasteiger partial charge in [0.2, 0.25) is 0 Å². The van der Waals surface area contributed by atoms with Crippen LogP contribution >= 0.6 is 24.4 Å². The number of ether oxygens (including phenoxy) is 6. The number of unbranched alkanes of at least 4 members (excludes halogenated alkanes) is 2. The highest BCUT2D eigenvalue weighted by Gasteiger charge is 2.24. The SMILES string of the molecule is C=CC1COC(=O)O1.CCCCOC(=O)CCS.CCCCOC(=O)CCSCCC1COC(=O)O1. The van der Waals surface area contributed by atoms with Crippen LogP contribution < -0.4 is 0 Å². The molecular formula is C24H40O10S2. The molecule has 0 N–H and O–H groups in total. The molecule has 12 heteroatoms. The quantitative estimate of drug-likeness (QED) is 0.0996. The highest BCUT2D eigenvalue weighted by atomic mass is 32.2. The van der Waals surface area contributed by atoms with Gasteiger partial charge in [0.05, 0.1) is 26.1 Å². The third-order valence-electron chi connectivity index (χ3n) is 4.40. The molecule has 10 nitrogen and oxygen atoms in total. The first-order chi connectivity index (χ1) is 17.4. The molecule has 0 radical (unpaired) electrons. The van der Waals surface area contributed by atoms with Crippen LogP contribution in [0.4, 0.5) is 9.59 Å². The van der Waals surface area contributed by atoms with E-state index < -0.39 is 12.3 Å². The smallest absolute Gasteiger partial charge is 0.466 e. The van der Waals surface area contributed by atoms with Gasteiger partial charge in [0.15, 0.2) is 6.10 Å². The van der Waals surface area contributed by atoms with Crippen molar-refractivity contribution in [1.82, 2.24) is 0 Å². The zero-order valence-electron chi connectivity index (χ0n) is 21.3. The first-order valence-electron chi connectivity index (χ1n) is 12.1. The fourth-order valence-corrected chi connectivity index (χ4v) is 3.46. The molecule has 2 rings (SSSR count). The van der Waals surface area contributed by atoms with Crippen LogP contribution in [0.3, 0.4) is 0 Å². The van der Waals surface area contributed by atoms with Crippen LogP contribution in [-0.2, 0) is 38.0 Å². The van der Waals surface area contributed by atoms with Crippen LogP contribution in [0.2, 0.25) is 0 Å². The lowest BCUT2D eigenvalue weighted by Crippen LogP contribution is -2.11. The summed E-state index contributed by atoms with van der Waals surface area (Å²) in [5.41, 5.74) is 0. The van der Waals surface area contributed by atoms with Crippen molar-refractivity contribution in [2.24, 2.45) is 0 Å². The topological polar surface area (TPSA) is 124 Å². The van der Waals surface area contributed by atoms with Crippen molar-refractivity contribution in [3.63, 3.8) is 0 Å². The van der Waals surface area contributed by atoms with Crippen LogP contribution in [0.25, 0.3) is 0 Å². The fraction of sp³-hybridized carbons (Fsp3) is 0.750. The van der Waals surface area contributed by atoms with Gasteiger partial charge in [-0.05, 0) is 31.1 Å². The number of hydrogen-bond acceptors (Lipinski definition) is 12. The number of esters is 2. The standard InChI is InChI=1S/C12H20O5S.C7H14O2S.C5H6O3/c1-2-3-6-15-11(13)5-8-18-7-4-10-9-16-12(14)17-10;1-2-3-5-9-7(8)4-6-10;1-2-4-3-7-5(6)8-4/h10H,2-9H2,1H3;10H,2-6H2,1H3;2,4H,1,3H2. The summed E-state index contributed by atoms with van der Waals surface area (Å²) in [5.74, 6) is 1.90. The molecule has 2 heterocycles. The lowest BCUT2D eigenvalue weighted by atomic mass is 10.3. The van der Waals surface area contributed by atoms with E-state index in [4.69, 9.17) is 14.2 Å². The lowest BCUT2D eigenvalue weighted by Gasteiger charge is -2.06. The molecule has 208 valence electrons. The molecule has 2 aliphatic rings. The molecule has 0 aromatic heterocycles. The van der Waals surface area contributed by atoms with Gasteiger partial charge in [-0.1, -0.05) is 33.3 Å². The van der Waals surface area contributed by atoms with E-state index in [0.29, 0.717) is 45.0 Å². The van der Waals surface area contributed by atoms with Gasteiger partial charge in [0.25, 0.3) is 0 Å². The Labute approximate surface area is 223 Å². The highest BCUT2D eigenvalue weighted by molar-refractivity contribution is 7.99. The average molecular weight is 553 g/mol. The van der Waals surface area contributed by atoms with Gasteiger partial charge >= 0.3 is 24.2 Å². The Morgan fingerprint density at radius 1 is 0.972 bits per heavy atom. The fourth-order valence-electron chi connectivity index (χ4n) is 2.33. The molecule has 0 aromatic rings. The minimum absolute atomic E-state index is 0.124. The summed E-state index contributed by atoms with van der Waals surface area (Å²) in [6, 6.07) is 0. The van der Waals surface area contributed by atoms with Crippen molar-refractivity contribution in [2.45, 2.75) is 71.0 Å². The number of rotatable bonds is 15. The van der Waals surface area contributed by atoms with E-state index in [1.807, 2.05) is 0 Å². The highest BCUT2D eigenvalue weighted by Crippen LogP contribution is 2.14. The van der Waals surface area contributed by atoms with Crippen LogP contribution in [0.15, 0.2) is 12.7 Å². The lowest BCUT2D eigenvalue weighted by molar-refractivity contribution is -0.144. The van der Waals surface area contributed by atoms with Crippen molar-refractivity contribution in [3.05, 3.63) is 12.7 Å². The molecule has 2 atom stereocenters. The molecule has 0 saturated carbocycles. The summed E-state index contributed by atoms with van der Waals surface area (Å²) in [5, 5.41) is 0. The van der Waals surface area contributed by atoms with Crippen LogP contribution in [0.1, 0.15) is 58.8 Å². The Kier molecular flexibility index (Phi) is 22.0. The molecule has 0 spiro atoms. The second-order valence-electron chi connectivity index (χ2n) is 7.53. The molecule has 0 bridgehead atoms. The van der Waals surface area contributed by atoms with Crippen LogP contribution in [0.5, 0.6) is 0 Å². The third-order valence-corrected chi connectivity index (χ3v) is 5.64. The molecule has 0 amide bonds. The second kappa shape index (κ2) is 23.3. The average Bonchev–Trinajstić information content (AvgIpc) is 3.47. The Morgan fingerprint density at radius 3 is 2.00 bits per heavy atom. The molecule has 0 aliphatic carbocycles. The van der Waals surface area contributed by atoms with Gasteiger partial charge in [0.1, 0.15) is 19.3 Å². The zero-order valence-corrected chi connectivity index (χ0v) is 23.0. The molecule has 2 fully saturated rings. The number of cyclic esters (lactones) is 4. The predicted molar refractivity (Wildman–Crippen MR) is 139 cm³/mol. The molecule has 36 heavy (non-hydrogen) atoms. The summed E-state index contributed by atoms with van der Waals surface area (Å²) >= 11 is 5.57. The van der Waals surface area contributed by atoms with Crippen LogP contribution in [0, 0.1) is 0 Å². The van der Waals surface area contributed by atoms with Crippen molar-refractivity contribution in [3.8, 4) is 0 Å². The summed E-state index contributed by atoms with van der Waals surface area (Å²) in [6.07, 6.45) is 5.60. The van der Waals surface area contributed by atoms with Gasteiger partial charge in [-0.3, -0.25) is 9.59 Å². The molecule has 0 aromatic carbocycles. The summed E-state index contributed by atoms with van der Waals surface area (Å²) in [7, 11) is 0. The Bertz CT molecular complexity index is 644. The second-order valence-corrected chi connectivity index (χ2v) is 9.20. The van der Waals surface area contributed by atoms with E-state index in [0.717, 1.165) is 43.6 Å². The van der Waals surface area contributed by atoms with Gasteiger partial charge < -0.3 is 28.4 Å². The number of carbonyl (C=O) groups excluding carboxylic acids is 4. The Morgan fingerprint density at radius 2 is 1.56 bits per heavy atom. The van der Waals surface area contributed by atoms with Gasteiger partial charge in [-0.2, -0.15) is 24.4 Å². The Balaban J connectivity index is 0.000000571. The van der Waals surface area contributed by atoms with E-state index in [-0.39, 0.29) is 24.1 Å². The third kappa shape index (κ3) is 20.1. The first kappa shape index (κ1) is 33.9. The van der Waals surface area contributed by atoms with E-state index in [2.05, 4.69) is 47.3 Å². The molecule has 2 saturated heterocycles. The number of hydrogen-bond donors (Lipinski definition) is 1. The zero-order chi connectivity index (χ0) is 27.0. The number of thioether (sulfide) groups is 1. The maximum atomic E-state index is 11.3. The maximum absolute atomic E-state index is 11.3. The molecule has 2 aliphatic heterocycles. The summed E-state index contributed by atoms with van der Waals surface area (Å²) in [4.78, 5) is 42.7. The normalized spacial score (nSPS) is 17.6. The van der Waals surface area contributed by atoms with E-state index in [1.54, 1.807) is 11.8 Å². The first-order valence-corrected chi connectivity index (χ1v) is 13.9. The maximum Gasteiger partial charge on any atom is 0.509 e. The predicted octanol–water partition coefficient (Wildman–Crippen LogP) is 4.74. The van der Waals surface area contributed by atoms with Gasteiger partial charge in [-0.25, -0.2) is 9.59 Å². The molecule has 2 unspecified atom stereocenters. The minimum Gasteiger partial charge on any atom is -0.466 e. The van der Waals surface area contributed by atoms with Crippen molar-refractivity contribution in [2.75, 3.05) is 43.7 Å². The van der Waals surface area contributed by atoms with Crippen LogP contribution in [-0.4, -0.2) is 80.1 Å². The van der Waals surface area contributed by atoms with Crippen molar-refractivity contribution < 1.29 is 47.6 Å². The monoisotopic (exact) mass is 552 g/mol. The van der Waals surface area contributed by atoms with Crippen molar-refractivity contribution >= 4 is 48.6 Å². The van der Waals surface area contributed by atoms with E-state index in [9.17, 15) is 19.2 Å². The minimum atomic E-state index is -0.602. The van der Waals surface area contributed by atoms with Gasteiger partial charge in [0, 0.05) is 11.5 Å². The van der Waals surface area contributed by atoms with E-state index >= 15 is 0 Å². The molecular weight excluding hydrogens is 512 g/mol.